The lowest BCUT2D eigenvalue weighted by Crippen LogP contribution is -2.28. The average Bonchev–Trinajstić information content (AvgIpc) is 2.49. The van der Waals surface area contributed by atoms with Gasteiger partial charge in [0.05, 0.1) is 16.9 Å². The summed E-state index contributed by atoms with van der Waals surface area (Å²) in [7, 11) is 0. The van der Waals surface area contributed by atoms with E-state index in [4.69, 9.17) is 0 Å². The molecule has 23 heavy (non-hydrogen) atoms. The highest BCUT2D eigenvalue weighted by atomic mass is 16.6. The van der Waals surface area contributed by atoms with Crippen molar-refractivity contribution in [2.45, 2.75) is 26.3 Å². The summed E-state index contributed by atoms with van der Waals surface area (Å²) in [5, 5.41) is 13.3. The van der Waals surface area contributed by atoms with Gasteiger partial charge in [0.25, 0.3) is 11.2 Å². The van der Waals surface area contributed by atoms with Crippen LogP contribution in [0.3, 0.4) is 0 Å². The number of carbonyl (C=O) groups is 1. The first-order valence-electron chi connectivity index (χ1n) is 6.98. The Hall–Kier alpha value is -3.03. The van der Waals surface area contributed by atoms with Crippen LogP contribution in [0, 0.1) is 10.1 Å². The highest BCUT2D eigenvalue weighted by Gasteiger charge is 2.15. The molecular formula is C15H16N4O4. The molecule has 0 bridgehead atoms. The fraction of sp³-hybridized carbons (Fsp3) is 0.267. The molecule has 2 rings (SSSR count). The van der Waals surface area contributed by atoms with E-state index in [1.54, 1.807) is 6.07 Å². The van der Waals surface area contributed by atoms with E-state index in [0.717, 1.165) is 4.57 Å². The zero-order valence-corrected chi connectivity index (χ0v) is 12.7. The number of hydrogen-bond donors (Lipinski definition) is 1. The van der Waals surface area contributed by atoms with E-state index in [-0.39, 0.29) is 29.4 Å². The van der Waals surface area contributed by atoms with Gasteiger partial charge in [0.1, 0.15) is 12.2 Å². The molecule has 0 aliphatic rings. The van der Waals surface area contributed by atoms with Crippen LogP contribution >= 0.6 is 0 Å². The van der Waals surface area contributed by atoms with Crippen molar-refractivity contribution >= 4 is 17.3 Å². The van der Waals surface area contributed by atoms with Gasteiger partial charge >= 0.3 is 0 Å². The molecule has 2 aromatic rings. The molecule has 8 nitrogen and oxygen atoms in total. The molecule has 8 heteroatoms. The van der Waals surface area contributed by atoms with Gasteiger partial charge in [-0.1, -0.05) is 26.0 Å². The second kappa shape index (κ2) is 6.82. The van der Waals surface area contributed by atoms with Crippen LogP contribution in [0.5, 0.6) is 0 Å². The maximum absolute atomic E-state index is 12.0. The number of amides is 1. The van der Waals surface area contributed by atoms with Gasteiger partial charge in [-0.15, -0.1) is 0 Å². The molecule has 0 aliphatic heterocycles. The van der Waals surface area contributed by atoms with E-state index in [0.29, 0.717) is 5.69 Å². The Kier molecular flexibility index (Phi) is 4.85. The van der Waals surface area contributed by atoms with E-state index in [2.05, 4.69) is 10.3 Å². The third-order valence-electron chi connectivity index (χ3n) is 3.18. The van der Waals surface area contributed by atoms with Crippen LogP contribution in [0.1, 0.15) is 25.5 Å². The van der Waals surface area contributed by atoms with Gasteiger partial charge in [-0.25, -0.2) is 4.98 Å². The number of hydrogen-bond acceptors (Lipinski definition) is 5. The van der Waals surface area contributed by atoms with Crippen LogP contribution in [-0.4, -0.2) is 20.4 Å². The normalized spacial score (nSPS) is 10.6. The van der Waals surface area contributed by atoms with Crippen molar-refractivity contribution in [3.63, 3.8) is 0 Å². The van der Waals surface area contributed by atoms with Crippen LogP contribution in [-0.2, 0) is 11.3 Å². The van der Waals surface area contributed by atoms with Crippen molar-refractivity contribution in [3.05, 3.63) is 62.8 Å². The number of rotatable bonds is 5. The highest BCUT2D eigenvalue weighted by Crippen LogP contribution is 2.22. The fourth-order valence-electron chi connectivity index (χ4n) is 1.96. The molecule has 0 saturated carbocycles. The van der Waals surface area contributed by atoms with E-state index >= 15 is 0 Å². The summed E-state index contributed by atoms with van der Waals surface area (Å²) in [6.07, 6.45) is 1.30. The van der Waals surface area contributed by atoms with Crippen LogP contribution in [0.25, 0.3) is 0 Å². The lowest BCUT2D eigenvalue weighted by Gasteiger charge is -2.09. The molecule has 1 aromatic carbocycles. The van der Waals surface area contributed by atoms with Crippen molar-refractivity contribution in [1.82, 2.24) is 9.55 Å². The maximum atomic E-state index is 12.0. The first-order valence-corrected chi connectivity index (χ1v) is 6.98. The first-order chi connectivity index (χ1) is 10.9. The minimum atomic E-state index is -0.583. The molecule has 1 heterocycles. The van der Waals surface area contributed by atoms with E-state index < -0.39 is 10.8 Å². The highest BCUT2D eigenvalue weighted by molar-refractivity contribution is 5.92. The summed E-state index contributed by atoms with van der Waals surface area (Å²) >= 11 is 0. The van der Waals surface area contributed by atoms with E-state index in [9.17, 15) is 19.7 Å². The quantitative estimate of drug-likeness (QED) is 0.669. The van der Waals surface area contributed by atoms with Gasteiger partial charge < -0.3 is 5.32 Å². The van der Waals surface area contributed by atoms with Crippen LogP contribution in [0.15, 0.2) is 41.5 Å². The van der Waals surface area contributed by atoms with Crippen LogP contribution < -0.4 is 10.9 Å². The molecule has 0 spiro atoms. The Labute approximate surface area is 131 Å². The molecule has 0 atom stereocenters. The molecule has 0 unspecified atom stereocenters. The largest absolute Gasteiger partial charge is 0.319 e. The number of anilines is 1. The minimum absolute atomic E-state index is 0.0855. The number of carbonyl (C=O) groups excluding carboxylic acids is 1. The molecular weight excluding hydrogens is 300 g/mol. The van der Waals surface area contributed by atoms with Crippen molar-refractivity contribution < 1.29 is 9.72 Å². The third-order valence-corrected chi connectivity index (χ3v) is 3.18. The van der Waals surface area contributed by atoms with Crippen LogP contribution in [0.2, 0.25) is 0 Å². The topological polar surface area (TPSA) is 107 Å². The summed E-state index contributed by atoms with van der Waals surface area (Å²) < 4.78 is 1.15. The number of aromatic nitrogens is 2. The standard InChI is InChI=1S/C15H16N4O4/c1-10(2)12-7-15(21)18(9-16-12)8-14(20)17-11-5-3-4-6-13(11)19(22)23/h3-7,9-10H,8H2,1-2H3,(H,17,20). The van der Waals surface area contributed by atoms with Gasteiger partial charge in [-0.2, -0.15) is 0 Å². The summed E-state index contributed by atoms with van der Waals surface area (Å²) in [4.78, 5) is 38.4. The first kappa shape index (κ1) is 16.3. The zero-order chi connectivity index (χ0) is 17.0. The molecule has 0 fully saturated rings. The number of nitrogens with one attached hydrogen (secondary N) is 1. The van der Waals surface area contributed by atoms with Crippen molar-refractivity contribution in [3.8, 4) is 0 Å². The summed E-state index contributed by atoms with van der Waals surface area (Å²) in [5.74, 6) is -0.432. The number of nitro benzene ring substituents is 1. The van der Waals surface area contributed by atoms with E-state index in [1.165, 1.54) is 30.6 Å². The van der Waals surface area contributed by atoms with Crippen molar-refractivity contribution in [2.24, 2.45) is 0 Å². The average molecular weight is 316 g/mol. The molecule has 0 saturated heterocycles. The van der Waals surface area contributed by atoms with Gasteiger partial charge in [-0.3, -0.25) is 24.3 Å². The number of nitrogens with zero attached hydrogens (tertiary/aromatic N) is 3. The van der Waals surface area contributed by atoms with Crippen molar-refractivity contribution in [2.75, 3.05) is 5.32 Å². The van der Waals surface area contributed by atoms with Crippen molar-refractivity contribution in [1.29, 1.82) is 0 Å². The SMILES string of the molecule is CC(C)c1cc(=O)n(CC(=O)Nc2ccccc2[N+](=O)[O-])cn1. The third kappa shape index (κ3) is 4.00. The predicted octanol–water partition coefficient (Wildman–Crippen LogP) is 1.91. The lowest BCUT2D eigenvalue weighted by atomic mass is 10.1. The number of para-hydroxylation sites is 2. The van der Waals surface area contributed by atoms with Gasteiger partial charge in [0.15, 0.2) is 0 Å². The fourth-order valence-corrected chi connectivity index (χ4v) is 1.96. The Morgan fingerprint density at radius 3 is 2.70 bits per heavy atom. The smallest absolute Gasteiger partial charge is 0.292 e. The Bertz CT molecular complexity index is 798. The Morgan fingerprint density at radius 1 is 1.39 bits per heavy atom. The van der Waals surface area contributed by atoms with Gasteiger partial charge in [0.2, 0.25) is 5.91 Å². The molecule has 0 radical (unpaired) electrons. The summed E-state index contributed by atoms with van der Waals surface area (Å²) in [6, 6.07) is 7.18. The van der Waals surface area contributed by atoms with Gasteiger partial charge in [0, 0.05) is 12.1 Å². The van der Waals surface area contributed by atoms with E-state index in [1.807, 2.05) is 13.8 Å². The summed E-state index contributed by atoms with van der Waals surface area (Å²) in [5.41, 5.74) is 0.176. The number of nitro groups is 1. The molecule has 1 aromatic heterocycles. The summed E-state index contributed by atoms with van der Waals surface area (Å²) in [6.45, 7) is 3.55. The lowest BCUT2D eigenvalue weighted by molar-refractivity contribution is -0.383. The second-order valence-corrected chi connectivity index (χ2v) is 5.26. The molecule has 0 aliphatic carbocycles. The zero-order valence-electron chi connectivity index (χ0n) is 12.7. The van der Waals surface area contributed by atoms with Gasteiger partial charge in [-0.05, 0) is 12.0 Å². The molecule has 1 amide bonds. The monoisotopic (exact) mass is 316 g/mol. The maximum Gasteiger partial charge on any atom is 0.292 e. The van der Waals surface area contributed by atoms with Crippen LogP contribution in [0.4, 0.5) is 11.4 Å². The molecule has 120 valence electrons. The number of benzene rings is 1. The Morgan fingerprint density at radius 2 is 2.09 bits per heavy atom. The minimum Gasteiger partial charge on any atom is -0.319 e. The predicted molar refractivity (Wildman–Crippen MR) is 84.3 cm³/mol. The molecule has 1 N–H and O–H groups in total. The Balaban J connectivity index is 2.15. The second-order valence-electron chi connectivity index (χ2n) is 5.26.